The van der Waals surface area contributed by atoms with Crippen molar-refractivity contribution in [1.82, 2.24) is 14.9 Å². The lowest BCUT2D eigenvalue weighted by Gasteiger charge is -2.37. The lowest BCUT2D eigenvalue weighted by Crippen LogP contribution is -2.54. The smallest absolute Gasteiger partial charge is 0.239 e. The fourth-order valence-corrected chi connectivity index (χ4v) is 5.40. The molecule has 0 radical (unpaired) electrons. The maximum Gasteiger partial charge on any atom is 0.239 e. The van der Waals surface area contributed by atoms with Crippen LogP contribution in [0.2, 0.25) is 5.02 Å². The van der Waals surface area contributed by atoms with Gasteiger partial charge in [-0.05, 0) is 30.5 Å². The van der Waals surface area contributed by atoms with Crippen molar-refractivity contribution < 1.29 is 4.79 Å². The van der Waals surface area contributed by atoms with E-state index in [2.05, 4.69) is 21.8 Å². The standard InChI is InChI=1S/C21H26ClN5OS/c1-2-18-19-17(12-29-18)24-13-25-20(19)26-7-9-27(10-8-26)21(28)16(23)11-14-3-5-15(22)6-4-14/h3-6,13,16,18H,2,7-12,23H2,1H3/t16-,18?/m1/s1. The van der Waals surface area contributed by atoms with Crippen molar-refractivity contribution in [1.29, 1.82) is 0 Å². The number of rotatable bonds is 5. The first-order chi connectivity index (χ1) is 14.1. The van der Waals surface area contributed by atoms with Gasteiger partial charge in [-0.25, -0.2) is 9.97 Å². The number of thioether (sulfide) groups is 1. The van der Waals surface area contributed by atoms with E-state index in [-0.39, 0.29) is 5.91 Å². The molecule has 2 atom stereocenters. The number of piperazine rings is 1. The minimum Gasteiger partial charge on any atom is -0.353 e. The van der Waals surface area contributed by atoms with Crippen molar-refractivity contribution in [2.45, 2.75) is 36.8 Å². The number of benzene rings is 1. The van der Waals surface area contributed by atoms with Crippen molar-refractivity contribution in [3.05, 3.63) is 52.4 Å². The third kappa shape index (κ3) is 4.37. The largest absolute Gasteiger partial charge is 0.353 e. The number of carbonyl (C=O) groups is 1. The number of hydrogen-bond donors (Lipinski definition) is 1. The second-order valence-corrected chi connectivity index (χ2v) is 9.14. The summed E-state index contributed by atoms with van der Waals surface area (Å²) < 4.78 is 0. The molecule has 1 aromatic heterocycles. The van der Waals surface area contributed by atoms with Gasteiger partial charge in [-0.2, -0.15) is 0 Å². The SMILES string of the molecule is CCC1SCc2ncnc(N3CCN(C(=O)[C@H](N)Cc4ccc(Cl)cc4)CC3)c21. The molecule has 2 aromatic rings. The van der Waals surface area contributed by atoms with Crippen LogP contribution in [0.15, 0.2) is 30.6 Å². The number of hydrogen-bond acceptors (Lipinski definition) is 6. The highest BCUT2D eigenvalue weighted by molar-refractivity contribution is 7.99. The number of amides is 1. The van der Waals surface area contributed by atoms with E-state index in [1.54, 1.807) is 6.33 Å². The maximum absolute atomic E-state index is 12.8. The highest BCUT2D eigenvalue weighted by Gasteiger charge is 2.31. The average molecular weight is 432 g/mol. The zero-order valence-electron chi connectivity index (χ0n) is 16.6. The quantitative estimate of drug-likeness (QED) is 0.784. The van der Waals surface area contributed by atoms with Crippen molar-refractivity contribution in [3.8, 4) is 0 Å². The molecule has 8 heteroatoms. The fourth-order valence-electron chi connectivity index (χ4n) is 4.04. The zero-order valence-corrected chi connectivity index (χ0v) is 18.1. The summed E-state index contributed by atoms with van der Waals surface area (Å²) in [5, 5.41) is 1.15. The van der Waals surface area contributed by atoms with Crippen molar-refractivity contribution in [2.75, 3.05) is 31.1 Å². The molecule has 4 rings (SSSR count). The molecule has 1 unspecified atom stereocenters. The Labute approximate surface area is 180 Å². The van der Waals surface area contributed by atoms with Crippen LogP contribution in [-0.4, -0.2) is 53.0 Å². The molecule has 6 nitrogen and oxygen atoms in total. The van der Waals surface area contributed by atoms with Crippen LogP contribution in [0.5, 0.6) is 0 Å². The van der Waals surface area contributed by atoms with E-state index in [0.29, 0.717) is 29.8 Å². The maximum atomic E-state index is 12.8. The number of aromatic nitrogens is 2. The highest BCUT2D eigenvalue weighted by Crippen LogP contribution is 2.46. The summed E-state index contributed by atoms with van der Waals surface area (Å²) in [6.07, 6.45) is 3.27. The van der Waals surface area contributed by atoms with Crippen LogP contribution in [0.1, 0.15) is 35.4 Å². The molecule has 1 fully saturated rings. The van der Waals surface area contributed by atoms with E-state index < -0.39 is 6.04 Å². The second kappa shape index (κ2) is 8.90. The van der Waals surface area contributed by atoms with Gasteiger partial charge < -0.3 is 15.5 Å². The Hall–Kier alpha value is -1.83. The number of nitrogens with two attached hydrogens (primary N) is 1. The molecule has 0 spiro atoms. The van der Waals surface area contributed by atoms with E-state index in [4.69, 9.17) is 17.3 Å². The van der Waals surface area contributed by atoms with E-state index in [1.165, 1.54) is 5.56 Å². The molecule has 2 aliphatic rings. The number of fused-ring (bicyclic) bond motifs is 1. The first-order valence-corrected chi connectivity index (χ1v) is 11.5. The minimum atomic E-state index is -0.535. The lowest BCUT2D eigenvalue weighted by atomic mass is 10.0. The highest BCUT2D eigenvalue weighted by atomic mass is 35.5. The second-order valence-electron chi connectivity index (χ2n) is 7.51. The molecule has 29 heavy (non-hydrogen) atoms. The molecular weight excluding hydrogens is 406 g/mol. The molecule has 0 bridgehead atoms. The molecule has 0 aliphatic carbocycles. The number of halogens is 1. The molecule has 3 heterocycles. The molecule has 1 aromatic carbocycles. The Morgan fingerprint density at radius 2 is 1.97 bits per heavy atom. The van der Waals surface area contributed by atoms with Crippen molar-refractivity contribution >= 4 is 35.1 Å². The van der Waals surface area contributed by atoms with Gasteiger partial charge in [0.2, 0.25) is 5.91 Å². The Kier molecular flexibility index (Phi) is 6.27. The zero-order chi connectivity index (χ0) is 20.4. The van der Waals surface area contributed by atoms with Gasteiger partial charge in [0.05, 0.1) is 11.7 Å². The summed E-state index contributed by atoms with van der Waals surface area (Å²) in [4.78, 5) is 26.1. The van der Waals surface area contributed by atoms with Crippen molar-refractivity contribution in [3.63, 3.8) is 0 Å². The minimum absolute atomic E-state index is 0.00880. The summed E-state index contributed by atoms with van der Waals surface area (Å²) >= 11 is 7.87. The summed E-state index contributed by atoms with van der Waals surface area (Å²) in [6, 6.07) is 6.96. The van der Waals surface area contributed by atoms with Gasteiger partial charge >= 0.3 is 0 Å². The predicted octanol–water partition coefficient (Wildman–Crippen LogP) is 3.05. The number of nitrogens with zero attached hydrogens (tertiary/aromatic N) is 4. The topological polar surface area (TPSA) is 75.4 Å². The molecule has 0 saturated carbocycles. The van der Waals surface area contributed by atoms with Crippen LogP contribution in [0, 0.1) is 0 Å². The van der Waals surface area contributed by atoms with Gasteiger partial charge in [0.15, 0.2) is 0 Å². The van der Waals surface area contributed by atoms with Crippen LogP contribution in [0.3, 0.4) is 0 Å². The van der Waals surface area contributed by atoms with Crippen molar-refractivity contribution in [2.24, 2.45) is 5.73 Å². The van der Waals surface area contributed by atoms with Gasteiger partial charge in [0.1, 0.15) is 12.1 Å². The Morgan fingerprint density at radius 1 is 1.24 bits per heavy atom. The summed E-state index contributed by atoms with van der Waals surface area (Å²) in [7, 11) is 0. The van der Waals surface area contributed by atoms with Gasteiger partial charge in [-0.15, -0.1) is 11.8 Å². The van der Waals surface area contributed by atoms with Gasteiger partial charge in [-0.3, -0.25) is 4.79 Å². The van der Waals surface area contributed by atoms with E-state index in [1.807, 2.05) is 40.9 Å². The third-order valence-electron chi connectivity index (χ3n) is 5.64. The molecule has 2 N–H and O–H groups in total. The van der Waals surface area contributed by atoms with E-state index >= 15 is 0 Å². The van der Waals surface area contributed by atoms with Crippen LogP contribution >= 0.6 is 23.4 Å². The number of anilines is 1. The molecule has 2 aliphatic heterocycles. The molecular formula is C21H26ClN5OS. The summed E-state index contributed by atoms with van der Waals surface area (Å²) in [6.45, 7) is 5.07. The third-order valence-corrected chi connectivity index (χ3v) is 7.30. The molecule has 154 valence electrons. The Balaban J connectivity index is 1.38. The van der Waals surface area contributed by atoms with Crippen LogP contribution in [0.25, 0.3) is 0 Å². The number of carbonyl (C=O) groups excluding carboxylic acids is 1. The van der Waals surface area contributed by atoms with Gasteiger partial charge in [0, 0.05) is 47.8 Å². The molecule has 1 amide bonds. The summed E-state index contributed by atoms with van der Waals surface area (Å²) in [5.74, 6) is 2.01. The first kappa shape index (κ1) is 20.4. The average Bonchev–Trinajstić information content (AvgIpc) is 3.18. The van der Waals surface area contributed by atoms with Gasteiger partial charge in [0.25, 0.3) is 0 Å². The van der Waals surface area contributed by atoms with E-state index in [9.17, 15) is 4.79 Å². The Bertz CT molecular complexity index is 870. The monoisotopic (exact) mass is 431 g/mol. The van der Waals surface area contributed by atoms with Gasteiger partial charge in [-0.1, -0.05) is 30.7 Å². The fraction of sp³-hybridized carbons (Fsp3) is 0.476. The van der Waals surface area contributed by atoms with E-state index in [0.717, 1.165) is 42.3 Å². The Morgan fingerprint density at radius 3 is 2.66 bits per heavy atom. The van der Waals surface area contributed by atoms with Crippen LogP contribution in [0.4, 0.5) is 5.82 Å². The lowest BCUT2D eigenvalue weighted by molar-refractivity contribution is -0.132. The predicted molar refractivity (Wildman–Crippen MR) is 118 cm³/mol. The first-order valence-electron chi connectivity index (χ1n) is 10.1. The van der Waals surface area contributed by atoms with Crippen LogP contribution < -0.4 is 10.6 Å². The summed E-state index contributed by atoms with van der Waals surface area (Å²) in [5.41, 5.74) is 9.69. The normalized spacial score (nSPS) is 19.9. The van der Waals surface area contributed by atoms with Crippen LogP contribution in [-0.2, 0) is 17.0 Å². The molecule has 1 saturated heterocycles.